The highest BCUT2D eigenvalue weighted by atomic mass is 79.9. The van der Waals surface area contributed by atoms with E-state index < -0.39 is 0 Å². The van der Waals surface area contributed by atoms with Crippen LogP contribution in [0.25, 0.3) is 0 Å². The van der Waals surface area contributed by atoms with Crippen molar-refractivity contribution >= 4 is 15.9 Å². The molecule has 0 aliphatic carbocycles. The third kappa shape index (κ3) is 1.19. The predicted molar refractivity (Wildman–Crippen MR) is 51.0 cm³/mol. The number of nitrogens with zero attached hydrogens (tertiary/aromatic N) is 2. The van der Waals surface area contributed by atoms with E-state index in [1.807, 2.05) is 0 Å². The molecule has 2 heterocycles. The van der Waals surface area contributed by atoms with Crippen molar-refractivity contribution < 1.29 is 0 Å². The first kappa shape index (κ1) is 8.26. The van der Waals surface area contributed by atoms with Crippen LogP contribution in [0.5, 0.6) is 0 Å². The molecule has 0 aromatic carbocycles. The van der Waals surface area contributed by atoms with E-state index in [0.717, 1.165) is 26.1 Å². The predicted octanol–water partition coefficient (Wildman–Crippen LogP) is 1.31. The molecule has 4 heteroatoms. The van der Waals surface area contributed by atoms with Gasteiger partial charge in [0.05, 0.1) is 22.4 Å². The number of rotatable bonds is 1. The van der Waals surface area contributed by atoms with Crippen LogP contribution >= 0.6 is 15.9 Å². The Morgan fingerprint density at radius 1 is 1.67 bits per heavy atom. The van der Waals surface area contributed by atoms with Crippen LogP contribution in [0.4, 0.5) is 0 Å². The summed E-state index contributed by atoms with van der Waals surface area (Å²) in [6.07, 6.45) is 1.00. The summed E-state index contributed by atoms with van der Waals surface area (Å²) in [7, 11) is 0. The lowest BCUT2D eigenvalue weighted by Gasteiger charge is -2.14. The molecule has 0 unspecified atom stereocenters. The van der Waals surface area contributed by atoms with E-state index in [0.29, 0.717) is 0 Å². The fourth-order valence-corrected chi connectivity index (χ4v) is 2.21. The van der Waals surface area contributed by atoms with Gasteiger partial charge in [0.15, 0.2) is 0 Å². The lowest BCUT2D eigenvalue weighted by Crippen LogP contribution is -2.28. The summed E-state index contributed by atoms with van der Waals surface area (Å²) in [6, 6.07) is 0. The molecule has 0 saturated carbocycles. The van der Waals surface area contributed by atoms with E-state index in [2.05, 4.69) is 38.0 Å². The number of hydrogen-bond donors (Lipinski definition) is 1. The zero-order chi connectivity index (χ0) is 8.55. The Hall–Kier alpha value is -0.350. The molecule has 1 aromatic heterocycles. The molecule has 1 N–H and O–H groups in total. The minimum Gasteiger partial charge on any atom is -0.309 e. The Kier molecular flexibility index (Phi) is 2.19. The monoisotopic (exact) mass is 229 g/mol. The number of halogens is 1. The molecule has 0 bridgehead atoms. The largest absolute Gasteiger partial charge is 0.309 e. The summed E-state index contributed by atoms with van der Waals surface area (Å²) in [5.41, 5.74) is 2.46. The molecule has 0 spiro atoms. The molecule has 0 amide bonds. The molecule has 1 aromatic rings. The van der Waals surface area contributed by atoms with E-state index in [4.69, 9.17) is 0 Å². The van der Waals surface area contributed by atoms with Crippen LogP contribution in [0, 0.1) is 0 Å². The second-order valence-electron chi connectivity index (χ2n) is 2.96. The summed E-state index contributed by atoms with van der Waals surface area (Å²) in [6.45, 7) is 5.10. The molecule has 12 heavy (non-hydrogen) atoms. The molecule has 2 rings (SSSR count). The quantitative estimate of drug-likeness (QED) is 0.788. The summed E-state index contributed by atoms with van der Waals surface area (Å²) in [4.78, 5) is 0. The zero-order valence-electron chi connectivity index (χ0n) is 7.10. The molecular weight excluding hydrogens is 218 g/mol. The first-order chi connectivity index (χ1) is 5.83. The van der Waals surface area contributed by atoms with Crippen molar-refractivity contribution in [1.82, 2.24) is 15.1 Å². The van der Waals surface area contributed by atoms with Crippen molar-refractivity contribution in [2.75, 3.05) is 6.54 Å². The van der Waals surface area contributed by atoms with Gasteiger partial charge in [-0.05, 0) is 22.4 Å². The normalized spacial score (nSPS) is 16.2. The van der Waals surface area contributed by atoms with E-state index in [1.54, 1.807) is 0 Å². The molecule has 1 aliphatic rings. The number of aryl methyl sites for hydroxylation is 1. The number of nitrogens with one attached hydrogen (secondary N) is 1. The van der Waals surface area contributed by atoms with Gasteiger partial charge in [-0.15, -0.1) is 0 Å². The average Bonchev–Trinajstić information content (AvgIpc) is 2.44. The van der Waals surface area contributed by atoms with Crippen molar-refractivity contribution in [3.8, 4) is 0 Å². The van der Waals surface area contributed by atoms with Crippen LogP contribution in [-0.4, -0.2) is 16.3 Å². The third-order valence-corrected chi connectivity index (χ3v) is 3.10. The third-order valence-electron chi connectivity index (χ3n) is 2.19. The van der Waals surface area contributed by atoms with Gasteiger partial charge in [-0.1, -0.05) is 6.92 Å². The maximum absolute atomic E-state index is 4.50. The first-order valence-electron chi connectivity index (χ1n) is 4.27. The fraction of sp³-hybridized carbons (Fsp3) is 0.625. The van der Waals surface area contributed by atoms with Crippen molar-refractivity contribution in [3.63, 3.8) is 0 Å². The van der Waals surface area contributed by atoms with Crippen LogP contribution in [0.3, 0.4) is 0 Å². The average molecular weight is 230 g/mol. The van der Waals surface area contributed by atoms with Crippen molar-refractivity contribution in [3.05, 3.63) is 15.9 Å². The van der Waals surface area contributed by atoms with Gasteiger partial charge >= 0.3 is 0 Å². The Balaban J connectivity index is 2.44. The maximum Gasteiger partial charge on any atom is 0.0767 e. The minimum atomic E-state index is 0.938. The molecule has 0 fully saturated rings. The van der Waals surface area contributed by atoms with E-state index in [9.17, 15) is 0 Å². The van der Waals surface area contributed by atoms with Crippen LogP contribution in [0.2, 0.25) is 0 Å². The highest BCUT2D eigenvalue weighted by molar-refractivity contribution is 9.10. The highest BCUT2D eigenvalue weighted by Gasteiger charge is 2.16. The Morgan fingerprint density at radius 2 is 2.50 bits per heavy atom. The minimum absolute atomic E-state index is 0.938. The Labute approximate surface area is 80.3 Å². The topological polar surface area (TPSA) is 29.9 Å². The molecule has 66 valence electrons. The molecule has 0 saturated heterocycles. The number of aromatic nitrogens is 2. The van der Waals surface area contributed by atoms with Crippen molar-refractivity contribution in [1.29, 1.82) is 0 Å². The molecular formula is C8H12BrN3. The van der Waals surface area contributed by atoms with Gasteiger partial charge in [0.1, 0.15) is 0 Å². The van der Waals surface area contributed by atoms with Gasteiger partial charge in [0.2, 0.25) is 0 Å². The molecule has 0 atom stereocenters. The Bertz CT molecular complexity index is 293. The van der Waals surface area contributed by atoms with E-state index >= 15 is 0 Å². The van der Waals surface area contributed by atoms with Gasteiger partial charge < -0.3 is 5.32 Å². The van der Waals surface area contributed by atoms with Crippen molar-refractivity contribution in [2.45, 2.75) is 26.4 Å². The fourth-order valence-electron chi connectivity index (χ4n) is 1.50. The molecule has 3 nitrogen and oxygen atoms in total. The van der Waals surface area contributed by atoms with E-state index in [-0.39, 0.29) is 0 Å². The maximum atomic E-state index is 4.50. The van der Waals surface area contributed by atoms with Gasteiger partial charge in [-0.3, -0.25) is 4.68 Å². The molecule has 0 radical (unpaired) electrons. The van der Waals surface area contributed by atoms with Gasteiger partial charge in [0.25, 0.3) is 0 Å². The van der Waals surface area contributed by atoms with Gasteiger partial charge in [0, 0.05) is 13.1 Å². The van der Waals surface area contributed by atoms with Crippen LogP contribution in [0.15, 0.2) is 4.47 Å². The van der Waals surface area contributed by atoms with E-state index in [1.165, 1.54) is 15.9 Å². The smallest absolute Gasteiger partial charge is 0.0767 e. The van der Waals surface area contributed by atoms with Crippen molar-refractivity contribution in [2.24, 2.45) is 0 Å². The standard InChI is InChI=1S/C8H12BrN3/c1-2-6-8(9)7-5-10-3-4-12(7)11-6/h10H,2-5H2,1H3. The summed E-state index contributed by atoms with van der Waals surface area (Å²) < 4.78 is 3.29. The summed E-state index contributed by atoms with van der Waals surface area (Å²) >= 11 is 3.57. The number of fused-ring (bicyclic) bond motifs is 1. The zero-order valence-corrected chi connectivity index (χ0v) is 8.69. The summed E-state index contributed by atoms with van der Waals surface area (Å²) in [5.74, 6) is 0. The second kappa shape index (κ2) is 3.18. The lowest BCUT2D eigenvalue weighted by atomic mass is 10.3. The number of hydrogen-bond acceptors (Lipinski definition) is 2. The second-order valence-corrected chi connectivity index (χ2v) is 3.75. The summed E-state index contributed by atoms with van der Waals surface area (Å²) in [5, 5.41) is 7.83. The lowest BCUT2D eigenvalue weighted by molar-refractivity contribution is 0.472. The van der Waals surface area contributed by atoms with Crippen LogP contribution < -0.4 is 5.32 Å². The SMILES string of the molecule is CCc1nn2c(c1Br)CNCC2. The van der Waals surface area contributed by atoms with Crippen LogP contribution in [0.1, 0.15) is 18.3 Å². The van der Waals surface area contributed by atoms with Crippen LogP contribution in [-0.2, 0) is 19.5 Å². The van der Waals surface area contributed by atoms with Gasteiger partial charge in [-0.2, -0.15) is 5.10 Å². The highest BCUT2D eigenvalue weighted by Crippen LogP contribution is 2.23. The molecule has 1 aliphatic heterocycles. The Morgan fingerprint density at radius 3 is 3.17 bits per heavy atom. The first-order valence-corrected chi connectivity index (χ1v) is 5.07. The van der Waals surface area contributed by atoms with Gasteiger partial charge in [-0.25, -0.2) is 0 Å².